The van der Waals surface area contributed by atoms with Gasteiger partial charge in [-0.1, -0.05) is 82.3 Å². The van der Waals surface area contributed by atoms with Crippen molar-refractivity contribution in [2.75, 3.05) is 13.7 Å². The topological polar surface area (TPSA) is 186 Å². The number of imidazole rings is 2. The normalized spacial score (nSPS) is 21.0. The maximum absolute atomic E-state index is 13.9. The summed E-state index contributed by atoms with van der Waals surface area (Å²) in [6, 6.07) is 21.1. The van der Waals surface area contributed by atoms with E-state index in [2.05, 4.69) is 75.2 Å². The van der Waals surface area contributed by atoms with Gasteiger partial charge in [-0.25, -0.2) is 19.6 Å². The average Bonchev–Trinajstić information content (AvgIpc) is 4.09. The molecule has 2 saturated heterocycles. The molecule has 1 saturated carbocycles. The van der Waals surface area contributed by atoms with Crippen LogP contribution in [0.5, 0.6) is 0 Å². The number of rotatable bonds is 11. The Hall–Kier alpha value is -6.18. The standard InChI is InChI=1S/C45H52N8O6/c1-24(2)37(50-44(56)57)42(54)52-20-6-7-36(52)40-47-33-19-17-30(22-34(33)48-40)28-10-8-26(9-11-28)27-12-14-29(15-13-27)35-23-46-41(49-35)39-31-16-18-32(21-31)53(39)43(55)38(25(3)4)51-45(58)59-5/h8-15,17,19,22-25,31-32,36-39,50H,6-7,16,18,20-21H2,1-5H3,(H,46,49)(H,47,48)(H,51,58)(H,56,57). The lowest BCUT2D eigenvalue weighted by atomic mass is 9.95. The van der Waals surface area contributed by atoms with Gasteiger partial charge >= 0.3 is 12.2 Å². The van der Waals surface area contributed by atoms with Crippen molar-refractivity contribution < 1.29 is 29.0 Å². The number of carbonyl (C=O) groups excluding carboxylic acids is 3. The molecule has 308 valence electrons. The maximum atomic E-state index is 13.9. The van der Waals surface area contributed by atoms with Crippen LogP contribution in [0, 0.1) is 17.8 Å². The molecule has 2 aromatic heterocycles. The fourth-order valence-electron chi connectivity index (χ4n) is 9.36. The molecule has 5 N–H and O–H groups in total. The van der Waals surface area contributed by atoms with Crippen molar-refractivity contribution in [2.45, 2.75) is 90.0 Å². The number of aromatic amines is 2. The monoisotopic (exact) mass is 800 g/mol. The predicted octanol–water partition coefficient (Wildman–Crippen LogP) is 7.68. The average molecular weight is 801 g/mol. The molecule has 6 atom stereocenters. The maximum Gasteiger partial charge on any atom is 0.407 e. The van der Waals surface area contributed by atoms with Gasteiger partial charge in [0, 0.05) is 12.6 Å². The van der Waals surface area contributed by atoms with Gasteiger partial charge in [-0.2, -0.15) is 0 Å². The zero-order valence-corrected chi connectivity index (χ0v) is 34.1. The number of hydrogen-bond acceptors (Lipinski definition) is 7. The molecule has 6 unspecified atom stereocenters. The Kier molecular flexibility index (Phi) is 10.9. The van der Waals surface area contributed by atoms with Crippen molar-refractivity contribution in [3.05, 3.63) is 84.6 Å². The lowest BCUT2D eigenvalue weighted by molar-refractivity contribution is -0.139. The van der Waals surface area contributed by atoms with Crippen molar-refractivity contribution >= 4 is 35.0 Å². The van der Waals surface area contributed by atoms with E-state index < -0.39 is 24.3 Å². The highest BCUT2D eigenvalue weighted by Crippen LogP contribution is 2.50. The second-order valence-electron chi connectivity index (χ2n) is 16.8. The van der Waals surface area contributed by atoms with Gasteiger partial charge in [0.05, 0.1) is 42.1 Å². The number of piperidine rings is 1. The van der Waals surface area contributed by atoms with E-state index in [1.54, 1.807) is 4.90 Å². The summed E-state index contributed by atoms with van der Waals surface area (Å²) in [7, 11) is 1.30. The lowest BCUT2D eigenvalue weighted by Gasteiger charge is -2.37. The van der Waals surface area contributed by atoms with Gasteiger partial charge in [0.15, 0.2) is 0 Å². The second-order valence-corrected chi connectivity index (χ2v) is 16.8. The number of carboxylic acid groups (broad SMARTS) is 1. The molecule has 2 aliphatic heterocycles. The molecule has 8 rings (SSSR count). The highest BCUT2D eigenvalue weighted by molar-refractivity contribution is 5.88. The molecule has 4 heterocycles. The number of nitrogens with zero attached hydrogens (tertiary/aromatic N) is 4. The first kappa shape index (κ1) is 39.6. The summed E-state index contributed by atoms with van der Waals surface area (Å²) >= 11 is 0. The molecular weight excluding hydrogens is 749 g/mol. The molecule has 3 aromatic carbocycles. The summed E-state index contributed by atoms with van der Waals surface area (Å²) in [6.45, 7) is 8.08. The number of likely N-dealkylation sites (tertiary alicyclic amines) is 2. The highest BCUT2D eigenvalue weighted by atomic mass is 16.5. The summed E-state index contributed by atoms with van der Waals surface area (Å²) < 4.78 is 4.82. The number of nitrogens with one attached hydrogen (secondary N) is 4. The summed E-state index contributed by atoms with van der Waals surface area (Å²) in [6.07, 6.45) is 4.51. The molecule has 59 heavy (non-hydrogen) atoms. The molecule has 14 nitrogen and oxygen atoms in total. The molecule has 2 bridgehead atoms. The van der Waals surface area contributed by atoms with E-state index in [1.165, 1.54) is 7.11 Å². The Morgan fingerprint density at radius 2 is 1.41 bits per heavy atom. The highest BCUT2D eigenvalue weighted by Gasteiger charge is 2.51. The molecule has 0 spiro atoms. The molecular formula is C45H52N8O6. The van der Waals surface area contributed by atoms with Crippen molar-refractivity contribution in [2.24, 2.45) is 17.8 Å². The number of alkyl carbamates (subject to hydrolysis) is 1. The van der Waals surface area contributed by atoms with Crippen LogP contribution in [0.4, 0.5) is 9.59 Å². The minimum atomic E-state index is -1.21. The smallest absolute Gasteiger partial charge is 0.407 e. The van der Waals surface area contributed by atoms with E-state index >= 15 is 0 Å². The predicted molar refractivity (Wildman–Crippen MR) is 223 cm³/mol. The number of hydrogen-bond donors (Lipinski definition) is 5. The van der Waals surface area contributed by atoms with Crippen molar-refractivity contribution in [3.8, 4) is 33.5 Å². The summed E-state index contributed by atoms with van der Waals surface area (Å²) in [5.41, 5.74) is 7.79. The van der Waals surface area contributed by atoms with E-state index in [0.29, 0.717) is 18.3 Å². The van der Waals surface area contributed by atoms with Gasteiger partial charge < -0.3 is 40.2 Å². The number of carbonyl (C=O) groups is 4. The molecule has 4 amide bonds. The molecule has 3 aliphatic rings. The number of methoxy groups -OCH3 is 1. The van der Waals surface area contributed by atoms with Crippen LogP contribution < -0.4 is 10.6 Å². The molecule has 1 aliphatic carbocycles. The van der Waals surface area contributed by atoms with Gasteiger partial charge in [0.2, 0.25) is 11.8 Å². The third-order valence-electron chi connectivity index (χ3n) is 12.4. The lowest BCUT2D eigenvalue weighted by Crippen LogP contribution is -2.54. The van der Waals surface area contributed by atoms with Crippen LogP contribution in [0.2, 0.25) is 0 Å². The van der Waals surface area contributed by atoms with Crippen LogP contribution in [-0.2, 0) is 14.3 Å². The first-order chi connectivity index (χ1) is 28.4. The van der Waals surface area contributed by atoms with E-state index in [9.17, 15) is 24.3 Å². The second kappa shape index (κ2) is 16.2. The number of benzene rings is 3. The third kappa shape index (κ3) is 7.75. The molecule has 5 aromatic rings. The number of H-pyrrole nitrogens is 2. The van der Waals surface area contributed by atoms with Crippen LogP contribution >= 0.6 is 0 Å². The minimum absolute atomic E-state index is 0.0951. The minimum Gasteiger partial charge on any atom is -0.465 e. The Balaban J connectivity index is 0.950. The summed E-state index contributed by atoms with van der Waals surface area (Å²) in [4.78, 5) is 71.2. The zero-order valence-electron chi connectivity index (χ0n) is 34.1. The van der Waals surface area contributed by atoms with Crippen LogP contribution in [0.25, 0.3) is 44.5 Å². The van der Waals surface area contributed by atoms with E-state index in [1.807, 2.05) is 50.9 Å². The zero-order chi connectivity index (χ0) is 41.5. The first-order valence-electron chi connectivity index (χ1n) is 20.6. The van der Waals surface area contributed by atoms with Crippen LogP contribution in [0.3, 0.4) is 0 Å². The van der Waals surface area contributed by atoms with E-state index in [4.69, 9.17) is 14.7 Å². The van der Waals surface area contributed by atoms with Crippen LogP contribution in [-0.4, -0.2) is 90.6 Å². The fraction of sp³-hybridized carbons (Fsp3) is 0.422. The number of aromatic nitrogens is 4. The SMILES string of the molecule is COC(=O)NC(C(=O)N1C2CCC(C2)C1c1ncc(-c2ccc(-c3ccc(-c4ccc5nc(C6CCCN6C(=O)C(NC(=O)O)C(C)C)[nH]c5c4)cc3)cc2)[nH]1)C(C)C. The summed E-state index contributed by atoms with van der Waals surface area (Å²) in [5, 5.41) is 14.5. The number of ether oxygens (including phenoxy) is 1. The molecule has 14 heteroatoms. The van der Waals surface area contributed by atoms with E-state index in [0.717, 1.165) is 82.5 Å². The molecule has 0 radical (unpaired) electrons. The summed E-state index contributed by atoms with van der Waals surface area (Å²) in [5.74, 6) is 1.18. The largest absolute Gasteiger partial charge is 0.465 e. The van der Waals surface area contributed by atoms with Gasteiger partial charge in [-0.3, -0.25) is 9.59 Å². The molecule has 3 fully saturated rings. The van der Waals surface area contributed by atoms with Crippen molar-refractivity contribution in [1.82, 2.24) is 40.4 Å². The van der Waals surface area contributed by atoms with Crippen LogP contribution in [0.15, 0.2) is 72.9 Å². The Bertz CT molecular complexity index is 2350. The quantitative estimate of drug-likeness (QED) is 0.0901. The Labute approximate surface area is 343 Å². The first-order valence-corrected chi connectivity index (χ1v) is 20.6. The third-order valence-corrected chi connectivity index (χ3v) is 12.4. The Morgan fingerprint density at radius 1 is 0.780 bits per heavy atom. The Morgan fingerprint density at radius 3 is 2.05 bits per heavy atom. The van der Waals surface area contributed by atoms with Gasteiger partial charge in [0.25, 0.3) is 0 Å². The number of fused-ring (bicyclic) bond motifs is 3. The number of amides is 4. The van der Waals surface area contributed by atoms with Gasteiger partial charge in [-0.05, 0) is 89.8 Å². The van der Waals surface area contributed by atoms with Gasteiger partial charge in [-0.15, -0.1) is 0 Å². The van der Waals surface area contributed by atoms with E-state index in [-0.39, 0.29) is 41.8 Å². The van der Waals surface area contributed by atoms with Crippen LogP contribution in [0.1, 0.15) is 83.5 Å². The fourth-order valence-corrected chi connectivity index (χ4v) is 9.36. The van der Waals surface area contributed by atoms with Crippen molar-refractivity contribution in [1.29, 1.82) is 0 Å². The van der Waals surface area contributed by atoms with Gasteiger partial charge in [0.1, 0.15) is 23.7 Å². The van der Waals surface area contributed by atoms with Crippen molar-refractivity contribution in [3.63, 3.8) is 0 Å².